The highest BCUT2D eigenvalue weighted by Gasteiger charge is 2.30. The summed E-state index contributed by atoms with van der Waals surface area (Å²) in [6.07, 6.45) is -2.00. The van der Waals surface area contributed by atoms with Crippen molar-refractivity contribution in [3.8, 4) is 5.88 Å². The molecule has 1 atom stereocenters. The molecule has 8 heteroatoms. The van der Waals surface area contributed by atoms with E-state index in [0.717, 1.165) is 30.7 Å². The van der Waals surface area contributed by atoms with Gasteiger partial charge in [0.2, 0.25) is 5.88 Å². The number of nitrogens with one attached hydrogen (secondary N) is 1. The fraction of sp³-hybridized carbons (Fsp3) is 0.400. The van der Waals surface area contributed by atoms with Crippen molar-refractivity contribution in [3.05, 3.63) is 59.3 Å². The van der Waals surface area contributed by atoms with Crippen molar-refractivity contribution in [2.75, 3.05) is 19.7 Å². The Balaban J connectivity index is 1.52. The van der Waals surface area contributed by atoms with Crippen LogP contribution in [0.15, 0.2) is 42.6 Å². The van der Waals surface area contributed by atoms with Gasteiger partial charge < -0.3 is 10.1 Å². The molecule has 1 saturated heterocycles. The van der Waals surface area contributed by atoms with E-state index in [0.29, 0.717) is 31.1 Å². The topological polar surface area (TPSA) is 54.5 Å². The van der Waals surface area contributed by atoms with Gasteiger partial charge in [-0.25, -0.2) is 4.98 Å². The summed E-state index contributed by atoms with van der Waals surface area (Å²) in [5.41, 5.74) is 0.654. The molecule has 150 valence electrons. The number of nitrogens with zero attached hydrogens (tertiary/aromatic N) is 2. The Kier molecular flexibility index (Phi) is 6.18. The maximum atomic E-state index is 12.6. The van der Waals surface area contributed by atoms with Gasteiger partial charge in [0, 0.05) is 43.5 Å². The predicted octanol–water partition coefficient (Wildman–Crippen LogP) is 3.50. The minimum absolute atomic E-state index is 0.00865. The van der Waals surface area contributed by atoms with Crippen molar-refractivity contribution >= 4 is 5.91 Å². The molecule has 0 spiro atoms. The van der Waals surface area contributed by atoms with Crippen molar-refractivity contribution in [3.63, 3.8) is 0 Å². The van der Waals surface area contributed by atoms with Crippen LogP contribution in [0.2, 0.25) is 0 Å². The molecule has 0 bridgehead atoms. The molecule has 1 fully saturated rings. The molecule has 0 aliphatic carbocycles. The van der Waals surface area contributed by atoms with Gasteiger partial charge in [0.25, 0.3) is 5.91 Å². The van der Waals surface area contributed by atoms with Crippen molar-refractivity contribution in [2.24, 2.45) is 0 Å². The summed E-state index contributed by atoms with van der Waals surface area (Å²) in [6, 6.07) is 8.43. The maximum absolute atomic E-state index is 12.6. The predicted molar refractivity (Wildman–Crippen MR) is 98.0 cm³/mol. The van der Waals surface area contributed by atoms with Gasteiger partial charge in [0.1, 0.15) is 0 Å². The Hall–Kier alpha value is -2.61. The number of alkyl halides is 3. The van der Waals surface area contributed by atoms with Crippen LogP contribution in [0.25, 0.3) is 0 Å². The van der Waals surface area contributed by atoms with Crippen molar-refractivity contribution < 1.29 is 22.7 Å². The van der Waals surface area contributed by atoms with Gasteiger partial charge in [-0.15, -0.1) is 0 Å². The van der Waals surface area contributed by atoms with Crippen LogP contribution in [0.4, 0.5) is 13.2 Å². The molecule has 0 radical (unpaired) electrons. The SMILES string of the molecule is CCOc1cc(C(=O)NC2CCN(Cc3ccc(C(F)(F)F)cc3)C2)ccn1. The number of hydrogen-bond donors (Lipinski definition) is 1. The van der Waals surface area contributed by atoms with E-state index in [1.807, 2.05) is 6.92 Å². The molecule has 1 aromatic carbocycles. The number of carbonyl (C=O) groups is 1. The average Bonchev–Trinajstić information content (AvgIpc) is 3.09. The summed E-state index contributed by atoms with van der Waals surface area (Å²) in [5, 5.41) is 3.00. The van der Waals surface area contributed by atoms with Gasteiger partial charge in [-0.3, -0.25) is 9.69 Å². The highest BCUT2D eigenvalue weighted by molar-refractivity contribution is 5.94. The van der Waals surface area contributed by atoms with E-state index >= 15 is 0 Å². The lowest BCUT2D eigenvalue weighted by Gasteiger charge is -2.17. The number of amides is 1. The lowest BCUT2D eigenvalue weighted by Crippen LogP contribution is -2.37. The van der Waals surface area contributed by atoms with Crippen molar-refractivity contribution in [2.45, 2.75) is 32.1 Å². The first-order chi connectivity index (χ1) is 13.3. The first-order valence-corrected chi connectivity index (χ1v) is 9.13. The number of hydrogen-bond acceptors (Lipinski definition) is 4. The highest BCUT2D eigenvalue weighted by Crippen LogP contribution is 2.29. The number of halogens is 3. The van der Waals surface area contributed by atoms with Gasteiger partial charge in [-0.05, 0) is 37.1 Å². The fourth-order valence-corrected chi connectivity index (χ4v) is 3.20. The molecule has 2 heterocycles. The summed E-state index contributed by atoms with van der Waals surface area (Å²) < 4.78 is 43.2. The zero-order valence-electron chi connectivity index (χ0n) is 15.5. The number of likely N-dealkylation sites (tertiary alicyclic amines) is 1. The normalized spacial score (nSPS) is 17.5. The third-order valence-corrected chi connectivity index (χ3v) is 4.58. The molecule has 1 aliphatic heterocycles. The quantitative estimate of drug-likeness (QED) is 0.816. The Morgan fingerprint density at radius 1 is 1.29 bits per heavy atom. The molecular formula is C20H22F3N3O2. The van der Waals surface area contributed by atoms with E-state index in [1.54, 1.807) is 12.1 Å². The van der Waals surface area contributed by atoms with Gasteiger partial charge in [0.05, 0.1) is 12.2 Å². The second kappa shape index (κ2) is 8.60. The van der Waals surface area contributed by atoms with Crippen molar-refractivity contribution in [1.29, 1.82) is 0 Å². The van der Waals surface area contributed by atoms with Crippen LogP contribution < -0.4 is 10.1 Å². The van der Waals surface area contributed by atoms with Gasteiger partial charge in [0.15, 0.2) is 0 Å². The lowest BCUT2D eigenvalue weighted by atomic mass is 10.1. The largest absolute Gasteiger partial charge is 0.478 e. The van der Waals surface area contributed by atoms with Crippen molar-refractivity contribution in [1.82, 2.24) is 15.2 Å². The molecule has 1 aromatic heterocycles. The minimum atomic E-state index is -4.32. The van der Waals surface area contributed by atoms with Crippen LogP contribution in [0.1, 0.15) is 34.8 Å². The molecule has 5 nitrogen and oxygen atoms in total. The average molecular weight is 393 g/mol. The zero-order valence-corrected chi connectivity index (χ0v) is 15.5. The van der Waals surface area contributed by atoms with E-state index < -0.39 is 11.7 Å². The number of pyridine rings is 1. The molecular weight excluding hydrogens is 371 g/mol. The smallest absolute Gasteiger partial charge is 0.416 e. The third-order valence-electron chi connectivity index (χ3n) is 4.58. The van der Waals surface area contributed by atoms with Crippen LogP contribution in [0.5, 0.6) is 5.88 Å². The Labute approximate surface area is 161 Å². The minimum Gasteiger partial charge on any atom is -0.478 e. The molecule has 1 N–H and O–H groups in total. The zero-order chi connectivity index (χ0) is 20.1. The summed E-state index contributed by atoms with van der Waals surface area (Å²) in [7, 11) is 0. The fourth-order valence-electron chi connectivity index (χ4n) is 3.20. The van der Waals surface area contributed by atoms with Gasteiger partial charge in [-0.1, -0.05) is 12.1 Å². The van der Waals surface area contributed by atoms with Gasteiger partial charge >= 0.3 is 6.18 Å². The summed E-state index contributed by atoms with van der Waals surface area (Å²) >= 11 is 0. The summed E-state index contributed by atoms with van der Waals surface area (Å²) in [6.45, 7) is 4.29. The molecule has 1 amide bonds. The summed E-state index contributed by atoms with van der Waals surface area (Å²) in [5.74, 6) is 0.218. The summed E-state index contributed by atoms with van der Waals surface area (Å²) in [4.78, 5) is 18.6. The molecule has 2 aromatic rings. The van der Waals surface area contributed by atoms with E-state index in [4.69, 9.17) is 4.74 Å². The van der Waals surface area contributed by atoms with Crippen LogP contribution in [0.3, 0.4) is 0 Å². The molecule has 0 saturated carbocycles. The first kappa shape index (κ1) is 20.1. The standard InChI is InChI=1S/C20H22F3N3O2/c1-2-28-18-11-15(7-9-24-18)19(27)25-17-8-10-26(13-17)12-14-3-5-16(6-4-14)20(21,22)23/h3-7,9,11,17H,2,8,10,12-13H2,1H3,(H,25,27). The molecule has 3 rings (SSSR count). The Bertz CT molecular complexity index is 809. The second-order valence-electron chi connectivity index (χ2n) is 6.70. The monoisotopic (exact) mass is 393 g/mol. The highest BCUT2D eigenvalue weighted by atomic mass is 19.4. The van der Waals surface area contributed by atoms with E-state index in [9.17, 15) is 18.0 Å². The van der Waals surface area contributed by atoms with E-state index in [1.165, 1.54) is 18.3 Å². The third kappa shape index (κ3) is 5.22. The lowest BCUT2D eigenvalue weighted by molar-refractivity contribution is -0.137. The molecule has 1 unspecified atom stereocenters. The van der Waals surface area contributed by atoms with Gasteiger partial charge in [-0.2, -0.15) is 13.2 Å². The maximum Gasteiger partial charge on any atom is 0.416 e. The first-order valence-electron chi connectivity index (χ1n) is 9.13. The van der Waals surface area contributed by atoms with Crippen LogP contribution >= 0.6 is 0 Å². The number of rotatable bonds is 6. The number of benzene rings is 1. The second-order valence-corrected chi connectivity index (χ2v) is 6.70. The Morgan fingerprint density at radius 2 is 2.04 bits per heavy atom. The van der Waals surface area contributed by atoms with Crippen LogP contribution in [-0.2, 0) is 12.7 Å². The number of ether oxygens (including phenoxy) is 1. The van der Waals surface area contributed by atoms with Crippen LogP contribution in [0, 0.1) is 0 Å². The molecule has 1 aliphatic rings. The molecule has 28 heavy (non-hydrogen) atoms. The van der Waals surface area contributed by atoms with Crippen LogP contribution in [-0.4, -0.2) is 41.5 Å². The number of carbonyl (C=O) groups excluding carboxylic acids is 1. The number of aromatic nitrogens is 1. The van der Waals surface area contributed by atoms with E-state index in [2.05, 4.69) is 15.2 Å². The Morgan fingerprint density at radius 3 is 2.71 bits per heavy atom. The van der Waals surface area contributed by atoms with E-state index in [-0.39, 0.29) is 11.9 Å².